The van der Waals surface area contributed by atoms with Gasteiger partial charge < -0.3 is 30.6 Å². The van der Waals surface area contributed by atoms with E-state index in [9.17, 15) is 0 Å². The third-order valence-electron chi connectivity index (χ3n) is 0. The Morgan fingerprint density at radius 2 is 0.538 bits per heavy atom. The predicted molar refractivity (Wildman–Crippen MR) is 39.1 cm³/mol. The van der Waals surface area contributed by atoms with Crippen LogP contribution < -0.4 is 0 Å². The standard InChI is InChI=1S/3CH2O3.Na.H/c3*2-1(3)4;;/h3*(H2,2,3,4);;. The predicted octanol–water partition coefficient (Wildman–Crippen LogP) is 0.0187. The number of carbonyl (C=O) groups is 3. The molecule has 0 amide bonds. The van der Waals surface area contributed by atoms with Crippen LogP contribution in [0.1, 0.15) is 0 Å². The first kappa shape index (κ1) is 22.6. The van der Waals surface area contributed by atoms with Gasteiger partial charge in [-0.2, -0.15) is 0 Å². The number of rotatable bonds is 0. The molecule has 0 rings (SSSR count). The molecule has 0 saturated heterocycles. The van der Waals surface area contributed by atoms with Crippen LogP contribution >= 0.6 is 0 Å². The summed E-state index contributed by atoms with van der Waals surface area (Å²) < 4.78 is 0. The molecular formula is C3H7NaO9. The maximum absolute atomic E-state index is 8.56. The van der Waals surface area contributed by atoms with Crippen LogP contribution in [0.3, 0.4) is 0 Å². The Labute approximate surface area is 93.1 Å². The molecule has 0 radical (unpaired) electrons. The molecule has 9 nitrogen and oxygen atoms in total. The van der Waals surface area contributed by atoms with Crippen molar-refractivity contribution in [2.75, 3.05) is 0 Å². The second-order valence-corrected chi connectivity index (χ2v) is 0.848. The molecule has 13 heavy (non-hydrogen) atoms. The van der Waals surface area contributed by atoms with Gasteiger partial charge in [0.15, 0.2) is 0 Å². The Balaban J connectivity index is -0.0000000450. The van der Waals surface area contributed by atoms with Crippen molar-refractivity contribution >= 4 is 48.0 Å². The van der Waals surface area contributed by atoms with Crippen LogP contribution in [0.5, 0.6) is 0 Å². The molecule has 0 saturated carbocycles. The molecule has 0 spiro atoms. The van der Waals surface area contributed by atoms with E-state index in [0.29, 0.717) is 0 Å². The van der Waals surface area contributed by atoms with Gasteiger partial charge in [0.25, 0.3) is 0 Å². The first-order valence-corrected chi connectivity index (χ1v) is 1.95. The third kappa shape index (κ3) is 592. The molecule has 0 aromatic carbocycles. The monoisotopic (exact) mass is 210 g/mol. The molecule has 10 heteroatoms. The summed E-state index contributed by atoms with van der Waals surface area (Å²) in [6, 6.07) is 0. The molecule has 0 aliphatic carbocycles. The zero-order chi connectivity index (χ0) is 10.7. The van der Waals surface area contributed by atoms with Gasteiger partial charge in [0.2, 0.25) is 0 Å². The van der Waals surface area contributed by atoms with Gasteiger partial charge in [-0.1, -0.05) is 0 Å². The van der Waals surface area contributed by atoms with Crippen molar-refractivity contribution in [1.82, 2.24) is 0 Å². The van der Waals surface area contributed by atoms with E-state index in [1.54, 1.807) is 0 Å². The summed E-state index contributed by atoms with van der Waals surface area (Å²) in [5.74, 6) is 0. The van der Waals surface area contributed by atoms with Crippen molar-refractivity contribution in [3.05, 3.63) is 0 Å². The van der Waals surface area contributed by atoms with E-state index in [2.05, 4.69) is 0 Å². The molecule has 6 N–H and O–H groups in total. The average Bonchev–Trinajstić information content (AvgIpc) is 1.54. The van der Waals surface area contributed by atoms with Crippen molar-refractivity contribution in [3.63, 3.8) is 0 Å². The summed E-state index contributed by atoms with van der Waals surface area (Å²) in [7, 11) is 0. The minimum absolute atomic E-state index is 0. The van der Waals surface area contributed by atoms with E-state index in [1.165, 1.54) is 0 Å². The topological polar surface area (TPSA) is 173 Å². The Bertz CT molecular complexity index is 112. The van der Waals surface area contributed by atoms with Gasteiger partial charge in [-0.05, 0) is 0 Å². The van der Waals surface area contributed by atoms with Crippen molar-refractivity contribution in [2.45, 2.75) is 0 Å². The normalized spacial score (nSPS) is 5.54. The average molecular weight is 210 g/mol. The second-order valence-electron chi connectivity index (χ2n) is 0.848. The summed E-state index contributed by atoms with van der Waals surface area (Å²) >= 11 is 0. The van der Waals surface area contributed by atoms with Crippen LogP contribution in [-0.4, -0.2) is 78.7 Å². The van der Waals surface area contributed by atoms with Crippen LogP contribution in [0.4, 0.5) is 14.4 Å². The van der Waals surface area contributed by atoms with Gasteiger partial charge in [0, 0.05) is 0 Å². The molecule has 0 aromatic heterocycles. The van der Waals surface area contributed by atoms with E-state index in [0.717, 1.165) is 0 Å². The number of hydrogen-bond acceptors (Lipinski definition) is 3. The summed E-state index contributed by atoms with van der Waals surface area (Å²) in [4.78, 5) is 25.7. The zero-order valence-corrected chi connectivity index (χ0v) is 5.41. The van der Waals surface area contributed by atoms with Crippen LogP contribution in [-0.2, 0) is 0 Å². The van der Waals surface area contributed by atoms with Gasteiger partial charge in [0.05, 0.1) is 0 Å². The second kappa shape index (κ2) is 17.1. The Morgan fingerprint density at radius 1 is 0.538 bits per heavy atom. The molecule has 0 bridgehead atoms. The SMILES string of the molecule is O=C(O)O.O=C(O)O.O=C(O)O.[NaH]. The summed E-state index contributed by atoms with van der Waals surface area (Å²) in [5, 5.41) is 41.8. The quantitative estimate of drug-likeness (QED) is 0.301. The molecule has 0 atom stereocenters. The number of hydrogen-bond donors (Lipinski definition) is 6. The van der Waals surface area contributed by atoms with Gasteiger partial charge in [0.1, 0.15) is 0 Å². The fourth-order valence-electron chi connectivity index (χ4n) is 0. The Kier molecular flexibility index (Phi) is 29.7. The van der Waals surface area contributed by atoms with E-state index < -0.39 is 18.5 Å². The third-order valence-corrected chi connectivity index (χ3v) is 0. The van der Waals surface area contributed by atoms with Gasteiger partial charge in [-0.3, -0.25) is 0 Å². The molecule has 0 fully saturated rings. The fourth-order valence-corrected chi connectivity index (χ4v) is 0. The molecule has 0 unspecified atom stereocenters. The van der Waals surface area contributed by atoms with Crippen molar-refractivity contribution < 1.29 is 45.0 Å². The van der Waals surface area contributed by atoms with Gasteiger partial charge >= 0.3 is 48.0 Å². The maximum atomic E-state index is 8.56. The van der Waals surface area contributed by atoms with E-state index in [1.807, 2.05) is 0 Å². The van der Waals surface area contributed by atoms with Gasteiger partial charge in [-0.25, -0.2) is 14.4 Å². The van der Waals surface area contributed by atoms with Crippen molar-refractivity contribution in [2.24, 2.45) is 0 Å². The van der Waals surface area contributed by atoms with Crippen molar-refractivity contribution in [3.8, 4) is 0 Å². The van der Waals surface area contributed by atoms with E-state index in [4.69, 9.17) is 45.0 Å². The molecule has 0 heterocycles. The zero-order valence-electron chi connectivity index (χ0n) is 5.41. The van der Waals surface area contributed by atoms with Crippen LogP contribution in [0, 0.1) is 0 Å². The molecule has 74 valence electrons. The fraction of sp³-hybridized carbons (Fsp3) is 0. The van der Waals surface area contributed by atoms with Crippen LogP contribution in [0.25, 0.3) is 0 Å². The molecule has 0 aromatic rings. The Morgan fingerprint density at radius 3 is 0.538 bits per heavy atom. The number of carboxylic acid groups (broad SMARTS) is 6. The minimum atomic E-state index is -1.83. The van der Waals surface area contributed by atoms with Gasteiger partial charge in [-0.15, -0.1) is 0 Å². The van der Waals surface area contributed by atoms with Crippen LogP contribution in [0.2, 0.25) is 0 Å². The first-order chi connectivity index (χ1) is 5.20. The van der Waals surface area contributed by atoms with E-state index in [-0.39, 0.29) is 29.6 Å². The van der Waals surface area contributed by atoms with E-state index >= 15 is 0 Å². The van der Waals surface area contributed by atoms with Crippen molar-refractivity contribution in [1.29, 1.82) is 0 Å². The summed E-state index contributed by atoms with van der Waals surface area (Å²) in [6.45, 7) is 0. The summed E-state index contributed by atoms with van der Waals surface area (Å²) in [5.41, 5.74) is 0. The molecule has 0 aliphatic heterocycles. The van der Waals surface area contributed by atoms with Crippen LogP contribution in [0.15, 0.2) is 0 Å². The first-order valence-electron chi connectivity index (χ1n) is 1.95. The molecule has 0 aliphatic rings. The molecular weight excluding hydrogens is 203 g/mol. The Hall–Kier alpha value is -1.19. The summed E-state index contributed by atoms with van der Waals surface area (Å²) in [6.07, 6.45) is -5.50.